The number of fused-ring (bicyclic) bond motifs is 1. The molecule has 0 radical (unpaired) electrons. The van der Waals surface area contributed by atoms with E-state index in [-0.39, 0.29) is 18.0 Å². The summed E-state index contributed by atoms with van der Waals surface area (Å²) in [7, 11) is -3.45. The quantitative estimate of drug-likeness (QED) is 0.704. The molecule has 0 saturated carbocycles. The Bertz CT molecular complexity index is 1090. The molecule has 8 heteroatoms. The zero-order valence-electron chi connectivity index (χ0n) is 16.0. The van der Waals surface area contributed by atoms with E-state index < -0.39 is 10.0 Å². The van der Waals surface area contributed by atoms with Gasteiger partial charge in [-0.15, -0.1) is 5.10 Å². The molecule has 0 aliphatic carbocycles. The first-order valence-corrected chi connectivity index (χ1v) is 11.0. The van der Waals surface area contributed by atoms with Crippen molar-refractivity contribution in [1.29, 1.82) is 0 Å². The summed E-state index contributed by atoms with van der Waals surface area (Å²) in [4.78, 5) is 4.37. The summed E-state index contributed by atoms with van der Waals surface area (Å²) < 4.78 is 27.3. The fourth-order valence-corrected chi connectivity index (χ4v) is 3.89. The first-order valence-electron chi connectivity index (χ1n) is 9.12. The molecule has 2 aromatic carbocycles. The Morgan fingerprint density at radius 3 is 2.14 bits per heavy atom. The third-order valence-corrected chi connectivity index (χ3v) is 5.46. The van der Waals surface area contributed by atoms with E-state index in [2.05, 4.69) is 82.5 Å². The summed E-state index contributed by atoms with van der Waals surface area (Å²) in [6.07, 6.45) is 1.87. The maximum absolute atomic E-state index is 11.6. The van der Waals surface area contributed by atoms with Crippen molar-refractivity contribution in [3.8, 4) is 0 Å². The summed E-state index contributed by atoms with van der Waals surface area (Å²) >= 11 is 0. The van der Waals surface area contributed by atoms with Crippen LogP contribution in [0.2, 0.25) is 0 Å². The van der Waals surface area contributed by atoms with Crippen LogP contribution in [-0.2, 0) is 10.0 Å². The number of sulfonamides is 1. The molecule has 2 N–H and O–H groups in total. The van der Waals surface area contributed by atoms with Crippen molar-refractivity contribution < 1.29 is 8.42 Å². The SMILES string of the molecule is Cc1ccc(C2CC(c3ccc(C)cc3)n3nc(NS(C)(=O)=O)nc3N2)cc1. The Morgan fingerprint density at radius 1 is 1.00 bits per heavy atom. The Hall–Kier alpha value is -2.87. The zero-order chi connectivity index (χ0) is 19.9. The molecule has 1 aliphatic heterocycles. The Balaban J connectivity index is 1.75. The number of hydrogen-bond donors (Lipinski definition) is 2. The van der Waals surface area contributed by atoms with E-state index in [1.165, 1.54) is 11.1 Å². The molecule has 2 unspecified atom stereocenters. The Labute approximate surface area is 164 Å². The van der Waals surface area contributed by atoms with Gasteiger partial charge >= 0.3 is 0 Å². The van der Waals surface area contributed by atoms with Crippen LogP contribution < -0.4 is 10.0 Å². The highest BCUT2D eigenvalue weighted by molar-refractivity contribution is 7.91. The molecular weight excluding hydrogens is 374 g/mol. The second-order valence-electron chi connectivity index (χ2n) is 7.35. The van der Waals surface area contributed by atoms with E-state index in [1.807, 2.05) is 0 Å². The standard InChI is InChI=1S/C20H23N5O2S/c1-13-4-8-15(9-5-13)17-12-18(16-10-6-14(2)7-11-16)25-20(21-17)22-19(23-25)24-28(3,26)27/h4-11,17-18H,12H2,1-3H3,(H2,21,22,23,24). The van der Waals surface area contributed by atoms with Crippen LogP contribution in [0.25, 0.3) is 0 Å². The third-order valence-electron chi connectivity index (χ3n) is 4.91. The van der Waals surface area contributed by atoms with Crippen LogP contribution in [-0.4, -0.2) is 29.4 Å². The maximum atomic E-state index is 11.6. The van der Waals surface area contributed by atoms with Gasteiger partial charge < -0.3 is 5.32 Å². The van der Waals surface area contributed by atoms with Gasteiger partial charge in [0.05, 0.1) is 18.3 Å². The van der Waals surface area contributed by atoms with Gasteiger partial charge in [-0.25, -0.2) is 13.1 Å². The molecule has 0 fully saturated rings. The van der Waals surface area contributed by atoms with Crippen molar-refractivity contribution in [2.24, 2.45) is 0 Å². The number of nitrogens with one attached hydrogen (secondary N) is 2. The molecular formula is C20H23N5O2S. The van der Waals surface area contributed by atoms with Crippen LogP contribution in [0.3, 0.4) is 0 Å². The average molecular weight is 398 g/mol. The second-order valence-corrected chi connectivity index (χ2v) is 9.10. The van der Waals surface area contributed by atoms with E-state index in [9.17, 15) is 8.42 Å². The second kappa shape index (κ2) is 6.94. The summed E-state index contributed by atoms with van der Waals surface area (Å²) in [5.74, 6) is 0.625. The molecule has 4 rings (SSSR count). The smallest absolute Gasteiger partial charge is 0.257 e. The number of hydrogen-bond acceptors (Lipinski definition) is 5. The molecule has 0 saturated heterocycles. The molecule has 0 amide bonds. The lowest BCUT2D eigenvalue weighted by Crippen LogP contribution is -2.28. The lowest BCUT2D eigenvalue weighted by Gasteiger charge is -2.31. The van der Waals surface area contributed by atoms with E-state index >= 15 is 0 Å². The first-order chi connectivity index (χ1) is 13.3. The lowest BCUT2D eigenvalue weighted by molar-refractivity contribution is 0.431. The fraction of sp³-hybridized carbons (Fsp3) is 0.300. The summed E-state index contributed by atoms with van der Waals surface area (Å²) in [5.41, 5.74) is 4.67. The monoisotopic (exact) mass is 397 g/mol. The molecule has 7 nitrogen and oxygen atoms in total. The summed E-state index contributed by atoms with van der Waals surface area (Å²) in [5, 5.41) is 7.82. The fourth-order valence-electron chi connectivity index (χ4n) is 3.47. The lowest BCUT2D eigenvalue weighted by atomic mass is 9.92. The van der Waals surface area contributed by atoms with Gasteiger partial charge in [0.25, 0.3) is 5.95 Å². The van der Waals surface area contributed by atoms with Gasteiger partial charge in [0.1, 0.15) is 0 Å². The summed E-state index contributed by atoms with van der Waals surface area (Å²) in [6.45, 7) is 4.11. The number of rotatable bonds is 4. The number of benzene rings is 2. The molecule has 28 heavy (non-hydrogen) atoms. The minimum Gasteiger partial charge on any atom is -0.347 e. The van der Waals surface area contributed by atoms with Crippen LogP contribution in [0.5, 0.6) is 0 Å². The molecule has 2 heterocycles. The predicted molar refractivity (Wildman–Crippen MR) is 110 cm³/mol. The van der Waals surface area contributed by atoms with Crippen molar-refractivity contribution in [1.82, 2.24) is 14.8 Å². The minimum atomic E-state index is -3.45. The van der Waals surface area contributed by atoms with E-state index in [4.69, 9.17) is 0 Å². The highest BCUT2D eigenvalue weighted by atomic mass is 32.2. The molecule has 0 spiro atoms. The van der Waals surface area contributed by atoms with Crippen LogP contribution in [0, 0.1) is 13.8 Å². The summed E-state index contributed by atoms with van der Waals surface area (Å²) in [6, 6.07) is 16.7. The van der Waals surface area contributed by atoms with Crippen LogP contribution in [0.4, 0.5) is 11.9 Å². The van der Waals surface area contributed by atoms with Gasteiger partial charge in [0.2, 0.25) is 16.0 Å². The molecule has 2 atom stereocenters. The van der Waals surface area contributed by atoms with E-state index in [0.29, 0.717) is 5.95 Å². The Kier molecular flexibility index (Phi) is 4.58. The van der Waals surface area contributed by atoms with Crippen LogP contribution >= 0.6 is 0 Å². The highest BCUT2D eigenvalue weighted by Crippen LogP contribution is 2.38. The molecule has 146 valence electrons. The van der Waals surface area contributed by atoms with Crippen molar-refractivity contribution in [3.05, 3.63) is 70.8 Å². The number of aryl methyl sites for hydroxylation is 2. The van der Waals surface area contributed by atoms with Crippen molar-refractivity contribution >= 4 is 21.9 Å². The first kappa shape index (κ1) is 18.5. The van der Waals surface area contributed by atoms with E-state index in [1.54, 1.807) is 4.68 Å². The third kappa shape index (κ3) is 3.87. The van der Waals surface area contributed by atoms with Crippen LogP contribution in [0.1, 0.15) is 40.8 Å². The van der Waals surface area contributed by atoms with Gasteiger partial charge in [0.15, 0.2) is 0 Å². The van der Waals surface area contributed by atoms with Gasteiger partial charge in [-0.3, -0.25) is 4.72 Å². The van der Waals surface area contributed by atoms with Crippen molar-refractivity contribution in [2.75, 3.05) is 16.3 Å². The molecule has 0 bridgehead atoms. The van der Waals surface area contributed by atoms with Crippen LogP contribution in [0.15, 0.2) is 48.5 Å². The molecule has 1 aromatic heterocycles. The normalized spacial score (nSPS) is 19.0. The van der Waals surface area contributed by atoms with Gasteiger partial charge in [-0.1, -0.05) is 59.7 Å². The number of aromatic nitrogens is 3. The van der Waals surface area contributed by atoms with Gasteiger partial charge in [0, 0.05) is 0 Å². The molecule has 3 aromatic rings. The maximum Gasteiger partial charge on any atom is 0.257 e. The van der Waals surface area contributed by atoms with Gasteiger partial charge in [-0.2, -0.15) is 4.98 Å². The minimum absolute atomic E-state index is 0.0502. The van der Waals surface area contributed by atoms with Crippen molar-refractivity contribution in [2.45, 2.75) is 32.4 Å². The average Bonchev–Trinajstić information content (AvgIpc) is 3.02. The number of anilines is 2. The predicted octanol–water partition coefficient (Wildman–Crippen LogP) is 3.41. The van der Waals surface area contributed by atoms with Gasteiger partial charge in [-0.05, 0) is 31.4 Å². The largest absolute Gasteiger partial charge is 0.347 e. The van der Waals surface area contributed by atoms with Crippen molar-refractivity contribution in [3.63, 3.8) is 0 Å². The topological polar surface area (TPSA) is 88.9 Å². The zero-order valence-corrected chi connectivity index (χ0v) is 16.9. The van der Waals surface area contributed by atoms with E-state index in [0.717, 1.165) is 23.8 Å². The molecule has 1 aliphatic rings. The Morgan fingerprint density at radius 2 is 1.57 bits per heavy atom. The number of nitrogens with zero attached hydrogens (tertiary/aromatic N) is 3. The highest BCUT2D eigenvalue weighted by Gasteiger charge is 2.31.